The van der Waals surface area contributed by atoms with E-state index in [0.29, 0.717) is 30.9 Å². The van der Waals surface area contributed by atoms with E-state index in [9.17, 15) is 15.4 Å². The van der Waals surface area contributed by atoms with Crippen molar-refractivity contribution in [3.63, 3.8) is 0 Å². The van der Waals surface area contributed by atoms with Gasteiger partial charge in [0.2, 0.25) is 0 Å². The zero-order chi connectivity index (χ0) is 18.2. The highest BCUT2D eigenvalue weighted by Crippen LogP contribution is 2.42. The molecule has 0 spiro atoms. The summed E-state index contributed by atoms with van der Waals surface area (Å²) in [5, 5.41) is 33.2. The topological polar surface area (TPSA) is 82.0 Å². The van der Waals surface area contributed by atoms with Gasteiger partial charge in [0.05, 0.1) is 27.8 Å². The Morgan fingerprint density at radius 1 is 1.08 bits per heavy atom. The lowest BCUT2D eigenvalue weighted by Gasteiger charge is -2.49. The number of phenols is 2. The van der Waals surface area contributed by atoms with Gasteiger partial charge in [-0.3, -0.25) is 0 Å². The average Bonchev–Trinajstić information content (AvgIpc) is 2.57. The molecule has 0 aromatic heterocycles. The third-order valence-corrected chi connectivity index (χ3v) is 4.96. The predicted molar refractivity (Wildman–Crippen MR) is 93.9 cm³/mol. The standard InChI is InChI=1S/C19H23NO5/c1-20(23)7-6-13-10-19(25-3)17(22)11-14(13)15(20)8-12-4-5-18(24-2)16(21)9-12/h4-5,9-11,15,21-22H,6-8H2,1-3H3/t15-,20-/m0/s1. The zero-order valence-electron chi connectivity index (χ0n) is 14.7. The van der Waals surface area contributed by atoms with E-state index in [1.165, 1.54) is 14.2 Å². The first-order valence-corrected chi connectivity index (χ1v) is 8.17. The number of fused-ring (bicyclic) bond motifs is 1. The Balaban J connectivity index is 2.00. The quantitative estimate of drug-likeness (QED) is 0.658. The van der Waals surface area contributed by atoms with Crippen LogP contribution in [-0.2, 0) is 12.8 Å². The van der Waals surface area contributed by atoms with Crippen LogP contribution in [0.15, 0.2) is 30.3 Å². The van der Waals surface area contributed by atoms with E-state index in [1.54, 1.807) is 25.2 Å². The molecule has 6 heteroatoms. The summed E-state index contributed by atoms with van der Waals surface area (Å²) in [6.45, 7) is 0.452. The number of methoxy groups -OCH3 is 2. The highest BCUT2D eigenvalue weighted by molar-refractivity contribution is 5.49. The molecule has 0 fully saturated rings. The second-order valence-corrected chi connectivity index (χ2v) is 6.60. The second-order valence-electron chi connectivity index (χ2n) is 6.60. The molecular weight excluding hydrogens is 322 g/mol. The molecule has 2 N–H and O–H groups in total. The lowest BCUT2D eigenvalue weighted by molar-refractivity contribution is -0.894. The fourth-order valence-electron chi connectivity index (χ4n) is 3.50. The minimum Gasteiger partial charge on any atom is -0.633 e. The molecule has 0 saturated heterocycles. The summed E-state index contributed by atoms with van der Waals surface area (Å²) in [5.41, 5.74) is 2.69. The number of aromatic hydroxyl groups is 2. The number of hydrogen-bond acceptors (Lipinski definition) is 5. The Morgan fingerprint density at radius 3 is 2.40 bits per heavy atom. The van der Waals surface area contributed by atoms with Gasteiger partial charge in [0.1, 0.15) is 6.04 Å². The molecule has 6 nitrogen and oxygen atoms in total. The third kappa shape index (κ3) is 3.23. The first kappa shape index (κ1) is 17.4. The molecule has 0 bridgehead atoms. The molecule has 0 aliphatic carbocycles. The first-order valence-electron chi connectivity index (χ1n) is 8.17. The highest BCUT2D eigenvalue weighted by Gasteiger charge is 2.34. The number of quaternary nitrogens is 1. The summed E-state index contributed by atoms with van der Waals surface area (Å²) in [6.07, 6.45) is 1.09. The predicted octanol–water partition coefficient (Wildman–Crippen LogP) is 2.90. The van der Waals surface area contributed by atoms with Crippen molar-refractivity contribution in [2.24, 2.45) is 0 Å². The SMILES string of the molecule is COc1ccc(C[C@H]2c3cc(O)c(OC)cc3CC[N@+]2(C)[O-])cc1O. The van der Waals surface area contributed by atoms with Crippen LogP contribution in [0, 0.1) is 5.21 Å². The molecule has 1 heterocycles. The highest BCUT2D eigenvalue weighted by atomic mass is 16.5. The number of hydroxylamine groups is 3. The number of ether oxygens (including phenoxy) is 2. The van der Waals surface area contributed by atoms with E-state index in [-0.39, 0.29) is 17.5 Å². The molecule has 2 aromatic carbocycles. The van der Waals surface area contributed by atoms with Crippen molar-refractivity contribution in [3.05, 3.63) is 52.2 Å². The summed E-state index contributed by atoms with van der Waals surface area (Å²) < 4.78 is 9.82. The first-order chi connectivity index (χ1) is 11.9. The molecule has 1 aliphatic heterocycles. The maximum absolute atomic E-state index is 13.0. The normalized spacial score (nSPS) is 22.3. The van der Waals surface area contributed by atoms with Crippen LogP contribution in [-0.4, -0.2) is 42.7 Å². The largest absolute Gasteiger partial charge is 0.633 e. The summed E-state index contributed by atoms with van der Waals surface area (Å²) in [6, 6.07) is 8.23. The van der Waals surface area contributed by atoms with E-state index in [0.717, 1.165) is 16.7 Å². The lowest BCUT2D eigenvalue weighted by Crippen LogP contribution is -2.47. The van der Waals surface area contributed by atoms with Crippen LogP contribution >= 0.6 is 0 Å². The average molecular weight is 345 g/mol. The molecule has 0 amide bonds. The van der Waals surface area contributed by atoms with Crippen molar-refractivity contribution >= 4 is 0 Å². The molecule has 2 atom stereocenters. The van der Waals surface area contributed by atoms with E-state index in [2.05, 4.69) is 0 Å². The van der Waals surface area contributed by atoms with Gasteiger partial charge in [-0.15, -0.1) is 0 Å². The number of likely N-dealkylation sites (N-methyl/N-ethyl adjacent to an activating group) is 1. The van der Waals surface area contributed by atoms with E-state index in [4.69, 9.17) is 9.47 Å². The number of nitrogens with zero attached hydrogens (tertiary/aromatic N) is 1. The van der Waals surface area contributed by atoms with Gasteiger partial charge in [0.15, 0.2) is 23.0 Å². The Kier molecular flexibility index (Phi) is 4.49. The minimum atomic E-state index is -0.425. The summed E-state index contributed by atoms with van der Waals surface area (Å²) in [5.74, 6) is 0.899. The Labute approximate surface area is 147 Å². The van der Waals surface area contributed by atoms with Gasteiger partial charge in [-0.25, -0.2) is 0 Å². The second kappa shape index (κ2) is 6.46. The molecule has 0 unspecified atom stereocenters. The Morgan fingerprint density at radius 2 is 1.76 bits per heavy atom. The molecule has 2 aromatic rings. The zero-order valence-corrected chi connectivity index (χ0v) is 14.7. The van der Waals surface area contributed by atoms with Crippen molar-refractivity contribution < 1.29 is 24.3 Å². The number of benzene rings is 2. The van der Waals surface area contributed by atoms with Crippen molar-refractivity contribution in [2.45, 2.75) is 18.9 Å². The molecule has 3 rings (SSSR count). The maximum atomic E-state index is 13.0. The van der Waals surface area contributed by atoms with Crippen molar-refractivity contribution in [2.75, 3.05) is 27.8 Å². The van der Waals surface area contributed by atoms with Crippen LogP contribution in [0.4, 0.5) is 0 Å². The lowest BCUT2D eigenvalue weighted by atomic mass is 9.88. The van der Waals surface area contributed by atoms with Crippen LogP contribution in [0.1, 0.15) is 22.7 Å². The van der Waals surface area contributed by atoms with Crippen LogP contribution in [0.25, 0.3) is 0 Å². The fourth-order valence-corrected chi connectivity index (χ4v) is 3.50. The number of hydrogen-bond donors (Lipinski definition) is 2. The van der Waals surface area contributed by atoms with Crippen molar-refractivity contribution in [3.8, 4) is 23.0 Å². The van der Waals surface area contributed by atoms with E-state index >= 15 is 0 Å². The fraction of sp³-hybridized carbons (Fsp3) is 0.368. The summed E-state index contributed by atoms with van der Waals surface area (Å²) in [4.78, 5) is 0. The van der Waals surface area contributed by atoms with Crippen molar-refractivity contribution in [1.82, 2.24) is 0 Å². The van der Waals surface area contributed by atoms with Crippen LogP contribution in [0.3, 0.4) is 0 Å². The van der Waals surface area contributed by atoms with Gasteiger partial charge in [-0.1, -0.05) is 6.07 Å². The molecule has 25 heavy (non-hydrogen) atoms. The van der Waals surface area contributed by atoms with Crippen LogP contribution < -0.4 is 9.47 Å². The van der Waals surface area contributed by atoms with Gasteiger partial charge in [-0.2, -0.15) is 0 Å². The Hall–Kier alpha value is -2.44. The monoisotopic (exact) mass is 345 g/mol. The molecule has 0 saturated carbocycles. The smallest absolute Gasteiger partial charge is 0.160 e. The van der Waals surface area contributed by atoms with Crippen LogP contribution in [0.2, 0.25) is 0 Å². The number of phenolic OH excluding ortho intramolecular Hbond substituents is 2. The van der Waals surface area contributed by atoms with Gasteiger partial charge in [-0.05, 0) is 35.4 Å². The Bertz CT molecular complexity index is 788. The summed E-state index contributed by atoms with van der Waals surface area (Å²) >= 11 is 0. The number of rotatable bonds is 4. The molecule has 134 valence electrons. The molecule has 1 aliphatic rings. The molecular formula is C19H23NO5. The van der Waals surface area contributed by atoms with E-state index < -0.39 is 4.65 Å². The van der Waals surface area contributed by atoms with Gasteiger partial charge >= 0.3 is 0 Å². The van der Waals surface area contributed by atoms with Crippen LogP contribution in [0.5, 0.6) is 23.0 Å². The summed E-state index contributed by atoms with van der Waals surface area (Å²) in [7, 11) is 4.65. The molecule has 0 radical (unpaired) electrons. The van der Waals surface area contributed by atoms with Gasteiger partial charge < -0.3 is 29.5 Å². The van der Waals surface area contributed by atoms with Crippen molar-refractivity contribution in [1.29, 1.82) is 0 Å². The van der Waals surface area contributed by atoms with E-state index in [1.807, 2.05) is 12.1 Å². The van der Waals surface area contributed by atoms with Gasteiger partial charge in [0.25, 0.3) is 0 Å². The third-order valence-electron chi connectivity index (χ3n) is 4.96. The maximum Gasteiger partial charge on any atom is 0.160 e. The minimum absolute atomic E-state index is 0.0331. The van der Waals surface area contributed by atoms with Gasteiger partial charge in [0, 0.05) is 18.4 Å².